The number of hydrogen-bond acceptors (Lipinski definition) is 11. The highest BCUT2D eigenvalue weighted by molar-refractivity contribution is 5.75. The molecule has 0 aliphatic carbocycles. The first kappa shape index (κ1) is 25.3. The highest BCUT2D eigenvalue weighted by Crippen LogP contribution is 2.31. The van der Waals surface area contributed by atoms with Gasteiger partial charge in [-0.2, -0.15) is 0 Å². The molecule has 1 fully saturated rings. The van der Waals surface area contributed by atoms with Gasteiger partial charge in [0.25, 0.3) is 0 Å². The molecule has 1 aliphatic heterocycles. The lowest BCUT2D eigenvalue weighted by molar-refractivity contribution is -0.302. The number of ether oxygens (including phenoxy) is 6. The van der Waals surface area contributed by atoms with Gasteiger partial charge in [-0.25, -0.2) is 0 Å². The zero-order chi connectivity index (χ0) is 23.2. The molecule has 0 aromatic rings. The Morgan fingerprint density at radius 3 is 1.60 bits per heavy atom. The molecule has 0 amide bonds. The van der Waals surface area contributed by atoms with Crippen molar-refractivity contribution in [3.63, 3.8) is 0 Å². The molecule has 0 N–H and O–H groups in total. The Labute approximate surface area is 174 Å². The summed E-state index contributed by atoms with van der Waals surface area (Å²) < 4.78 is 31.6. The molecule has 11 heteroatoms. The van der Waals surface area contributed by atoms with Crippen LogP contribution in [0.4, 0.5) is 0 Å². The molecule has 0 aromatic heterocycles. The molecule has 5 atom stereocenters. The van der Waals surface area contributed by atoms with Gasteiger partial charge in [0.05, 0.1) is 5.41 Å². The van der Waals surface area contributed by atoms with E-state index in [1.54, 1.807) is 20.8 Å². The van der Waals surface area contributed by atoms with E-state index in [0.717, 1.165) is 27.7 Å². The van der Waals surface area contributed by atoms with Gasteiger partial charge in [0.2, 0.25) is 12.4 Å². The van der Waals surface area contributed by atoms with E-state index < -0.39 is 72.6 Å². The Hall–Kier alpha value is -2.69. The predicted octanol–water partition coefficient (Wildman–Crippen LogP) is 0.659. The maximum Gasteiger partial charge on any atom is 0.313 e. The van der Waals surface area contributed by atoms with Crippen molar-refractivity contribution in [2.75, 3.05) is 6.61 Å². The highest BCUT2D eigenvalue weighted by atomic mass is 16.7. The van der Waals surface area contributed by atoms with Gasteiger partial charge in [-0.05, 0) is 20.8 Å². The third-order valence-corrected chi connectivity index (χ3v) is 3.78. The molecule has 0 spiro atoms. The lowest BCUT2D eigenvalue weighted by Gasteiger charge is -2.44. The van der Waals surface area contributed by atoms with Gasteiger partial charge < -0.3 is 28.4 Å². The molecule has 11 nitrogen and oxygen atoms in total. The van der Waals surface area contributed by atoms with E-state index in [9.17, 15) is 24.0 Å². The van der Waals surface area contributed by atoms with Crippen LogP contribution in [0.3, 0.4) is 0 Å². The van der Waals surface area contributed by atoms with Crippen molar-refractivity contribution >= 4 is 29.8 Å². The summed E-state index contributed by atoms with van der Waals surface area (Å²) in [6, 6.07) is 0. The molecule has 0 bridgehead atoms. The van der Waals surface area contributed by atoms with Crippen molar-refractivity contribution in [1.29, 1.82) is 0 Å². The highest BCUT2D eigenvalue weighted by Gasteiger charge is 2.54. The second-order valence-corrected chi connectivity index (χ2v) is 7.72. The molecular formula is C19H28O11. The summed E-state index contributed by atoms with van der Waals surface area (Å²) in [6.45, 7) is 8.86. The summed E-state index contributed by atoms with van der Waals surface area (Å²) >= 11 is 0. The van der Waals surface area contributed by atoms with E-state index >= 15 is 0 Å². The number of carbonyl (C=O) groups is 5. The minimum absolute atomic E-state index is 0.401. The van der Waals surface area contributed by atoms with Crippen molar-refractivity contribution in [2.45, 2.75) is 79.2 Å². The zero-order valence-electron chi connectivity index (χ0n) is 18.1. The molecule has 1 aliphatic rings. The fourth-order valence-corrected chi connectivity index (χ4v) is 2.57. The van der Waals surface area contributed by atoms with Gasteiger partial charge in [-0.3, -0.25) is 24.0 Å². The lowest BCUT2D eigenvalue weighted by Crippen LogP contribution is -2.63. The molecule has 170 valence electrons. The Morgan fingerprint density at radius 2 is 1.17 bits per heavy atom. The lowest BCUT2D eigenvalue weighted by atomic mass is 9.96. The van der Waals surface area contributed by atoms with Crippen LogP contribution in [0.5, 0.6) is 0 Å². The quantitative estimate of drug-likeness (QED) is 0.431. The summed E-state index contributed by atoms with van der Waals surface area (Å²) in [5, 5.41) is 0. The first-order valence-electron chi connectivity index (χ1n) is 9.24. The Morgan fingerprint density at radius 1 is 0.700 bits per heavy atom. The summed E-state index contributed by atoms with van der Waals surface area (Å²) in [5.74, 6) is -3.64. The second-order valence-electron chi connectivity index (χ2n) is 7.72. The largest absolute Gasteiger partial charge is 0.463 e. The molecule has 0 aromatic carbocycles. The number of rotatable bonds is 6. The van der Waals surface area contributed by atoms with Crippen LogP contribution in [-0.2, 0) is 52.4 Å². The fourth-order valence-electron chi connectivity index (χ4n) is 2.57. The van der Waals surface area contributed by atoms with Crippen molar-refractivity contribution < 1.29 is 52.4 Å². The van der Waals surface area contributed by atoms with Gasteiger partial charge in [0, 0.05) is 27.7 Å². The smallest absolute Gasteiger partial charge is 0.313 e. The van der Waals surface area contributed by atoms with Crippen LogP contribution in [-0.4, -0.2) is 67.2 Å². The zero-order valence-corrected chi connectivity index (χ0v) is 18.1. The molecule has 30 heavy (non-hydrogen) atoms. The third-order valence-electron chi connectivity index (χ3n) is 3.78. The van der Waals surface area contributed by atoms with Crippen LogP contribution >= 0.6 is 0 Å². The SMILES string of the molecule is CC(=O)OC[C@H]1O[C@@H](OC(=O)C(C)(C)C)[C@H](OC(C)=O)[C@@H](OC(C)=O)[C@@H]1OC(C)=O. The Balaban J connectivity index is 3.37. The monoisotopic (exact) mass is 432 g/mol. The molecule has 0 unspecified atom stereocenters. The number of esters is 5. The molecule has 1 rings (SSSR count). The minimum Gasteiger partial charge on any atom is -0.463 e. The average Bonchev–Trinajstić information content (AvgIpc) is 2.56. The van der Waals surface area contributed by atoms with Crippen molar-refractivity contribution in [3.8, 4) is 0 Å². The van der Waals surface area contributed by atoms with Gasteiger partial charge in [-0.1, -0.05) is 0 Å². The molecule has 1 saturated heterocycles. The molecule has 1 heterocycles. The van der Waals surface area contributed by atoms with E-state index in [4.69, 9.17) is 28.4 Å². The minimum atomic E-state index is -1.52. The van der Waals surface area contributed by atoms with Crippen LogP contribution in [0, 0.1) is 5.41 Å². The summed E-state index contributed by atoms with van der Waals surface area (Å²) in [7, 11) is 0. The maximum atomic E-state index is 12.4. The first-order chi connectivity index (χ1) is 13.7. The fraction of sp³-hybridized carbons (Fsp3) is 0.737. The van der Waals surface area contributed by atoms with Crippen molar-refractivity contribution in [3.05, 3.63) is 0 Å². The standard InChI is InChI=1S/C19H28O11/c1-9(20)25-8-13-14(26-10(2)21)15(27-11(3)22)16(28-12(4)23)17(29-13)30-18(24)19(5,6)7/h13-17H,8H2,1-7H3/t13-,14-,15+,16-,17+/m1/s1. The second kappa shape index (κ2) is 10.4. The van der Waals surface area contributed by atoms with E-state index in [2.05, 4.69) is 0 Å². The predicted molar refractivity (Wildman–Crippen MR) is 97.5 cm³/mol. The van der Waals surface area contributed by atoms with Crippen LogP contribution in [0.2, 0.25) is 0 Å². The van der Waals surface area contributed by atoms with Crippen molar-refractivity contribution in [1.82, 2.24) is 0 Å². The van der Waals surface area contributed by atoms with Crippen LogP contribution in [0.1, 0.15) is 48.5 Å². The van der Waals surface area contributed by atoms with Gasteiger partial charge >= 0.3 is 29.8 Å². The van der Waals surface area contributed by atoms with Crippen LogP contribution in [0.15, 0.2) is 0 Å². The summed E-state index contributed by atoms with van der Waals surface area (Å²) in [4.78, 5) is 58.6. The van der Waals surface area contributed by atoms with Gasteiger partial charge in [-0.15, -0.1) is 0 Å². The van der Waals surface area contributed by atoms with E-state index in [0.29, 0.717) is 0 Å². The first-order valence-corrected chi connectivity index (χ1v) is 9.24. The normalized spacial score (nSPS) is 26.2. The molecular weight excluding hydrogens is 404 g/mol. The van der Waals surface area contributed by atoms with Crippen LogP contribution < -0.4 is 0 Å². The molecule has 0 saturated carbocycles. The number of hydrogen-bond donors (Lipinski definition) is 0. The molecule has 0 radical (unpaired) electrons. The average molecular weight is 432 g/mol. The topological polar surface area (TPSA) is 141 Å². The van der Waals surface area contributed by atoms with E-state index in [1.807, 2.05) is 0 Å². The van der Waals surface area contributed by atoms with E-state index in [-0.39, 0.29) is 0 Å². The van der Waals surface area contributed by atoms with Crippen LogP contribution in [0.25, 0.3) is 0 Å². The van der Waals surface area contributed by atoms with Gasteiger partial charge in [0.1, 0.15) is 12.7 Å². The Bertz CT molecular complexity index is 678. The van der Waals surface area contributed by atoms with Gasteiger partial charge in [0.15, 0.2) is 12.2 Å². The number of carbonyl (C=O) groups excluding carboxylic acids is 5. The Kier molecular flexibility index (Phi) is 8.76. The van der Waals surface area contributed by atoms with E-state index in [1.165, 1.54) is 0 Å². The van der Waals surface area contributed by atoms with Crippen molar-refractivity contribution in [2.24, 2.45) is 5.41 Å². The summed E-state index contributed by atoms with van der Waals surface area (Å²) in [6.07, 6.45) is -6.82. The maximum absolute atomic E-state index is 12.4. The third kappa shape index (κ3) is 7.62. The summed E-state index contributed by atoms with van der Waals surface area (Å²) in [5.41, 5.74) is -0.931.